The summed E-state index contributed by atoms with van der Waals surface area (Å²) in [6.45, 7) is 0. The fraction of sp³-hybridized carbons (Fsp3) is 0.240. The van der Waals surface area contributed by atoms with E-state index in [0.717, 1.165) is 16.9 Å². The van der Waals surface area contributed by atoms with Crippen LogP contribution in [0.1, 0.15) is 35.8 Å². The molecule has 0 aromatic heterocycles. The monoisotopic (exact) mass is 423 g/mol. The van der Waals surface area contributed by atoms with Crippen LogP contribution in [0.25, 0.3) is 0 Å². The lowest BCUT2D eigenvalue weighted by atomic mass is 9.85. The van der Waals surface area contributed by atoms with Crippen LogP contribution in [0.15, 0.2) is 78.9 Å². The number of carbonyl (C=O) groups excluding carboxylic acids is 1. The van der Waals surface area contributed by atoms with Crippen LogP contribution in [-0.4, -0.2) is 18.7 Å². The number of methoxy groups -OCH3 is 1. The molecule has 4 rings (SSSR count). The van der Waals surface area contributed by atoms with E-state index >= 15 is 4.39 Å². The van der Waals surface area contributed by atoms with E-state index in [1.165, 1.54) is 0 Å². The van der Waals surface area contributed by atoms with Gasteiger partial charge in [0.1, 0.15) is 5.75 Å². The summed E-state index contributed by atoms with van der Waals surface area (Å²) in [6.07, 6.45) is 0.654. The van der Waals surface area contributed by atoms with Crippen molar-refractivity contribution < 1.29 is 13.9 Å². The number of ether oxygens (including phenoxy) is 1. The second-order valence-electron chi connectivity index (χ2n) is 7.70. The first kappa shape index (κ1) is 20.4. The van der Waals surface area contributed by atoms with Gasteiger partial charge in [0.25, 0.3) is 5.91 Å². The predicted octanol–water partition coefficient (Wildman–Crippen LogP) is 6.36. The molecule has 0 aliphatic heterocycles. The van der Waals surface area contributed by atoms with Gasteiger partial charge in [-0.05, 0) is 66.3 Å². The van der Waals surface area contributed by atoms with E-state index < -0.39 is 17.5 Å². The number of rotatable bonds is 5. The van der Waals surface area contributed by atoms with Gasteiger partial charge in [-0.25, -0.2) is 4.39 Å². The minimum atomic E-state index is -2.03. The normalized spacial score (nSPS) is 23.2. The quantitative estimate of drug-likeness (QED) is 0.518. The first-order chi connectivity index (χ1) is 14.5. The zero-order valence-corrected chi connectivity index (χ0v) is 17.4. The van der Waals surface area contributed by atoms with Crippen LogP contribution in [0.5, 0.6) is 5.75 Å². The molecule has 1 aliphatic rings. The molecule has 5 heteroatoms. The Labute approximate surface area is 180 Å². The number of benzene rings is 3. The second kappa shape index (κ2) is 8.49. The fourth-order valence-electron chi connectivity index (χ4n) is 4.31. The number of amides is 1. The molecule has 1 N–H and O–H groups in total. The van der Waals surface area contributed by atoms with Crippen LogP contribution < -0.4 is 10.1 Å². The van der Waals surface area contributed by atoms with Gasteiger partial charge in [0.2, 0.25) is 0 Å². The Bertz CT molecular complexity index is 1020. The summed E-state index contributed by atoms with van der Waals surface area (Å²) in [5, 5.41) is 3.31. The molecule has 154 valence electrons. The van der Waals surface area contributed by atoms with Crippen molar-refractivity contribution in [3.63, 3.8) is 0 Å². The molecule has 30 heavy (non-hydrogen) atoms. The Hall–Kier alpha value is -2.85. The van der Waals surface area contributed by atoms with Gasteiger partial charge >= 0.3 is 0 Å². The standard InChI is InChI=1S/C25H23ClFNO2/c1-30-22-9-5-8-18(14-22)19-15-23(17-6-3-2-4-7-17)25(27,16-19)24(29)28-21-12-10-20(26)11-13-21/h2-14,19,23H,15-16H2,1H3,(H,28,29)/t19-,23+,25-/m1/s1. The van der Waals surface area contributed by atoms with E-state index in [1.807, 2.05) is 54.6 Å². The van der Waals surface area contributed by atoms with Gasteiger partial charge < -0.3 is 10.1 Å². The van der Waals surface area contributed by atoms with Crippen LogP contribution in [0.4, 0.5) is 10.1 Å². The molecule has 3 aromatic rings. The molecule has 0 heterocycles. The average Bonchev–Trinajstić information content (AvgIpc) is 3.15. The highest BCUT2D eigenvalue weighted by Gasteiger charge is 2.54. The molecule has 1 saturated carbocycles. The maximum absolute atomic E-state index is 16.5. The summed E-state index contributed by atoms with van der Waals surface area (Å²) in [4.78, 5) is 13.2. The third-order valence-corrected chi connectivity index (χ3v) is 6.11. The summed E-state index contributed by atoms with van der Waals surface area (Å²) in [7, 11) is 1.61. The molecule has 0 bridgehead atoms. The first-order valence-electron chi connectivity index (χ1n) is 9.94. The Kier molecular flexibility index (Phi) is 5.78. The van der Waals surface area contributed by atoms with E-state index in [2.05, 4.69) is 5.32 Å². The number of carbonyl (C=O) groups is 1. The number of hydrogen-bond donors (Lipinski definition) is 1. The van der Waals surface area contributed by atoms with Crippen LogP contribution in [0.2, 0.25) is 5.02 Å². The van der Waals surface area contributed by atoms with Gasteiger partial charge in [0.15, 0.2) is 5.67 Å². The van der Waals surface area contributed by atoms with E-state index in [0.29, 0.717) is 17.1 Å². The van der Waals surface area contributed by atoms with E-state index in [-0.39, 0.29) is 12.3 Å². The Morgan fingerprint density at radius 3 is 2.43 bits per heavy atom. The third kappa shape index (κ3) is 4.05. The number of alkyl halides is 1. The Morgan fingerprint density at radius 2 is 1.73 bits per heavy atom. The molecule has 0 unspecified atom stereocenters. The highest BCUT2D eigenvalue weighted by atomic mass is 35.5. The summed E-state index contributed by atoms with van der Waals surface area (Å²) in [5.74, 6) is -0.525. The highest BCUT2D eigenvalue weighted by molar-refractivity contribution is 6.30. The van der Waals surface area contributed by atoms with Crippen LogP contribution >= 0.6 is 11.6 Å². The lowest BCUT2D eigenvalue weighted by Gasteiger charge is -2.26. The first-order valence-corrected chi connectivity index (χ1v) is 10.3. The topological polar surface area (TPSA) is 38.3 Å². The van der Waals surface area contributed by atoms with Gasteiger partial charge in [-0.15, -0.1) is 0 Å². The molecule has 3 nitrogen and oxygen atoms in total. The molecule has 0 spiro atoms. The predicted molar refractivity (Wildman–Crippen MR) is 118 cm³/mol. The minimum absolute atomic E-state index is 0.0914. The Morgan fingerprint density at radius 1 is 1.03 bits per heavy atom. The minimum Gasteiger partial charge on any atom is -0.497 e. The van der Waals surface area contributed by atoms with Gasteiger partial charge in [0, 0.05) is 16.6 Å². The van der Waals surface area contributed by atoms with Crippen LogP contribution in [0, 0.1) is 0 Å². The average molecular weight is 424 g/mol. The molecule has 3 atom stereocenters. The Balaban J connectivity index is 1.66. The zero-order chi connectivity index (χ0) is 21.1. The number of anilines is 1. The molecule has 1 amide bonds. The lowest BCUT2D eigenvalue weighted by molar-refractivity contribution is -0.128. The number of halogens is 2. The van der Waals surface area contributed by atoms with E-state index in [4.69, 9.17) is 16.3 Å². The molecular weight excluding hydrogens is 401 g/mol. The van der Waals surface area contributed by atoms with Gasteiger partial charge in [-0.2, -0.15) is 0 Å². The van der Waals surface area contributed by atoms with Crippen molar-refractivity contribution in [1.29, 1.82) is 0 Å². The number of nitrogens with one attached hydrogen (secondary N) is 1. The molecule has 0 radical (unpaired) electrons. The van der Waals surface area contributed by atoms with Gasteiger partial charge in [-0.1, -0.05) is 54.1 Å². The van der Waals surface area contributed by atoms with Crippen molar-refractivity contribution >= 4 is 23.2 Å². The van der Waals surface area contributed by atoms with Crippen molar-refractivity contribution in [2.75, 3.05) is 12.4 Å². The summed E-state index contributed by atoms with van der Waals surface area (Å²) < 4.78 is 21.8. The van der Waals surface area contributed by atoms with Crippen LogP contribution in [0.3, 0.4) is 0 Å². The maximum atomic E-state index is 16.5. The van der Waals surface area contributed by atoms with Crippen LogP contribution in [-0.2, 0) is 4.79 Å². The van der Waals surface area contributed by atoms with Crippen molar-refractivity contribution in [2.45, 2.75) is 30.3 Å². The summed E-state index contributed by atoms with van der Waals surface area (Å²) >= 11 is 5.92. The molecule has 0 saturated heterocycles. The highest BCUT2D eigenvalue weighted by Crippen LogP contribution is 2.53. The SMILES string of the molecule is COc1cccc([C@@H]2C[C@@H](c3ccccc3)[C@@](F)(C(=O)Nc3ccc(Cl)cc3)C2)c1. The van der Waals surface area contributed by atoms with E-state index in [1.54, 1.807) is 31.4 Å². The van der Waals surface area contributed by atoms with Crippen molar-refractivity contribution in [3.05, 3.63) is 95.0 Å². The molecule has 1 fully saturated rings. The zero-order valence-electron chi connectivity index (χ0n) is 16.6. The van der Waals surface area contributed by atoms with E-state index in [9.17, 15) is 4.79 Å². The summed E-state index contributed by atoms with van der Waals surface area (Å²) in [6, 6.07) is 23.8. The summed E-state index contributed by atoms with van der Waals surface area (Å²) in [5.41, 5.74) is 0.304. The third-order valence-electron chi connectivity index (χ3n) is 5.86. The van der Waals surface area contributed by atoms with Crippen molar-refractivity contribution in [2.24, 2.45) is 0 Å². The lowest BCUT2D eigenvalue weighted by Crippen LogP contribution is -2.41. The van der Waals surface area contributed by atoms with Gasteiger partial charge in [0.05, 0.1) is 7.11 Å². The second-order valence-corrected chi connectivity index (χ2v) is 8.14. The van der Waals surface area contributed by atoms with Gasteiger partial charge in [-0.3, -0.25) is 4.79 Å². The largest absolute Gasteiger partial charge is 0.497 e. The number of hydrogen-bond acceptors (Lipinski definition) is 2. The molecule has 1 aliphatic carbocycles. The van der Waals surface area contributed by atoms with Crippen molar-refractivity contribution in [3.8, 4) is 5.75 Å². The molecular formula is C25H23ClFNO2. The fourth-order valence-corrected chi connectivity index (χ4v) is 4.44. The maximum Gasteiger partial charge on any atom is 0.262 e. The smallest absolute Gasteiger partial charge is 0.262 e. The van der Waals surface area contributed by atoms with Crippen molar-refractivity contribution in [1.82, 2.24) is 0 Å². The molecule has 3 aromatic carbocycles.